The van der Waals surface area contributed by atoms with E-state index in [1.165, 1.54) is 31.2 Å². The summed E-state index contributed by atoms with van der Waals surface area (Å²) in [5, 5.41) is 6.95. The highest BCUT2D eigenvalue weighted by Gasteiger charge is 1.98. The van der Waals surface area contributed by atoms with Gasteiger partial charge in [0.25, 0.3) is 0 Å². The molecule has 0 fully saturated rings. The molecule has 0 unspecified atom stereocenters. The SMILES string of the molecule is CCCCCc1c[nH]nc1C. The third-order valence-electron chi connectivity index (χ3n) is 1.99. The van der Waals surface area contributed by atoms with Crippen LogP contribution in [0.2, 0.25) is 0 Å². The number of nitrogens with zero attached hydrogens (tertiary/aromatic N) is 1. The smallest absolute Gasteiger partial charge is 0.0623 e. The van der Waals surface area contributed by atoms with E-state index in [1.807, 2.05) is 6.20 Å². The number of unbranched alkanes of at least 4 members (excludes halogenated alkanes) is 2. The number of aromatic nitrogens is 2. The summed E-state index contributed by atoms with van der Waals surface area (Å²) in [6.07, 6.45) is 7.08. The predicted octanol–water partition coefficient (Wildman–Crippen LogP) is 2.45. The number of rotatable bonds is 4. The van der Waals surface area contributed by atoms with Crippen LogP contribution in [0.15, 0.2) is 6.20 Å². The maximum Gasteiger partial charge on any atom is 0.0623 e. The van der Waals surface area contributed by atoms with Gasteiger partial charge in [0.2, 0.25) is 0 Å². The molecular formula is C9H16N2. The van der Waals surface area contributed by atoms with Gasteiger partial charge >= 0.3 is 0 Å². The maximum absolute atomic E-state index is 4.07. The summed E-state index contributed by atoms with van der Waals surface area (Å²) in [5.74, 6) is 0. The minimum Gasteiger partial charge on any atom is -0.285 e. The standard InChI is InChI=1S/C9H16N2/c1-3-4-5-6-9-7-10-11-8(9)2/h7H,3-6H2,1-2H3,(H,10,11). The largest absolute Gasteiger partial charge is 0.285 e. The number of aromatic amines is 1. The summed E-state index contributed by atoms with van der Waals surface area (Å²) in [6, 6.07) is 0. The van der Waals surface area contributed by atoms with Gasteiger partial charge in [0.1, 0.15) is 0 Å². The van der Waals surface area contributed by atoms with Crippen LogP contribution in [0.5, 0.6) is 0 Å². The van der Waals surface area contributed by atoms with E-state index in [0.29, 0.717) is 0 Å². The lowest BCUT2D eigenvalue weighted by molar-refractivity contribution is 0.715. The molecule has 1 N–H and O–H groups in total. The first kappa shape index (κ1) is 8.31. The number of aryl methyl sites for hydroxylation is 2. The summed E-state index contributed by atoms with van der Waals surface area (Å²) in [5.41, 5.74) is 2.53. The first-order valence-electron chi connectivity index (χ1n) is 4.34. The second kappa shape index (κ2) is 4.16. The van der Waals surface area contributed by atoms with Gasteiger partial charge in [-0.3, -0.25) is 5.10 Å². The van der Waals surface area contributed by atoms with Crippen LogP contribution in [0.1, 0.15) is 37.4 Å². The normalized spacial score (nSPS) is 10.4. The van der Waals surface area contributed by atoms with Gasteiger partial charge in [-0.25, -0.2) is 0 Å². The second-order valence-corrected chi connectivity index (χ2v) is 2.95. The van der Waals surface area contributed by atoms with E-state index in [2.05, 4.69) is 24.0 Å². The monoisotopic (exact) mass is 152 g/mol. The van der Waals surface area contributed by atoms with E-state index < -0.39 is 0 Å². The lowest BCUT2D eigenvalue weighted by Crippen LogP contribution is -1.85. The Bertz CT molecular complexity index is 203. The molecule has 0 radical (unpaired) electrons. The van der Waals surface area contributed by atoms with Gasteiger partial charge < -0.3 is 0 Å². The topological polar surface area (TPSA) is 28.7 Å². The first-order chi connectivity index (χ1) is 5.34. The van der Waals surface area contributed by atoms with Crippen LogP contribution < -0.4 is 0 Å². The van der Waals surface area contributed by atoms with Crippen LogP contribution in [0.3, 0.4) is 0 Å². The van der Waals surface area contributed by atoms with E-state index >= 15 is 0 Å². The zero-order valence-electron chi connectivity index (χ0n) is 7.35. The molecule has 11 heavy (non-hydrogen) atoms. The minimum atomic E-state index is 1.15. The third kappa shape index (κ3) is 2.37. The van der Waals surface area contributed by atoms with Crippen LogP contribution in [0.4, 0.5) is 0 Å². The van der Waals surface area contributed by atoms with Crippen molar-refractivity contribution in [2.24, 2.45) is 0 Å². The molecule has 1 aromatic rings. The maximum atomic E-state index is 4.07. The van der Waals surface area contributed by atoms with Crippen LogP contribution in [-0.4, -0.2) is 10.2 Å². The van der Waals surface area contributed by atoms with Gasteiger partial charge in [-0.1, -0.05) is 19.8 Å². The lowest BCUT2D eigenvalue weighted by atomic mass is 10.1. The molecule has 0 saturated heterocycles. The molecule has 2 nitrogen and oxygen atoms in total. The fourth-order valence-corrected chi connectivity index (χ4v) is 1.20. The summed E-state index contributed by atoms with van der Waals surface area (Å²) < 4.78 is 0. The summed E-state index contributed by atoms with van der Waals surface area (Å²) >= 11 is 0. The average molecular weight is 152 g/mol. The highest BCUT2D eigenvalue weighted by Crippen LogP contribution is 2.07. The fourth-order valence-electron chi connectivity index (χ4n) is 1.20. The Balaban J connectivity index is 2.32. The van der Waals surface area contributed by atoms with Crippen molar-refractivity contribution in [3.63, 3.8) is 0 Å². The van der Waals surface area contributed by atoms with E-state index in [0.717, 1.165) is 5.69 Å². The molecule has 0 atom stereocenters. The van der Waals surface area contributed by atoms with E-state index in [4.69, 9.17) is 0 Å². The van der Waals surface area contributed by atoms with E-state index in [-0.39, 0.29) is 0 Å². The molecule has 62 valence electrons. The van der Waals surface area contributed by atoms with Crippen molar-refractivity contribution in [2.45, 2.75) is 39.5 Å². The minimum absolute atomic E-state index is 1.15. The molecule has 0 aliphatic rings. The van der Waals surface area contributed by atoms with Crippen LogP contribution >= 0.6 is 0 Å². The quantitative estimate of drug-likeness (QED) is 0.659. The molecular weight excluding hydrogens is 136 g/mol. The number of nitrogens with one attached hydrogen (secondary N) is 1. The van der Waals surface area contributed by atoms with Crippen LogP contribution in [0, 0.1) is 6.92 Å². The molecule has 1 rings (SSSR count). The molecule has 0 spiro atoms. The Labute approximate surface area is 68.0 Å². The van der Waals surface area contributed by atoms with Gasteiger partial charge in [-0.2, -0.15) is 5.10 Å². The third-order valence-corrected chi connectivity index (χ3v) is 1.99. The van der Waals surface area contributed by atoms with E-state index in [9.17, 15) is 0 Å². The Kier molecular flexibility index (Phi) is 3.14. The lowest BCUT2D eigenvalue weighted by Gasteiger charge is -1.96. The Morgan fingerprint density at radius 3 is 2.82 bits per heavy atom. The molecule has 0 aliphatic heterocycles. The summed E-state index contributed by atoms with van der Waals surface area (Å²) in [4.78, 5) is 0. The zero-order valence-corrected chi connectivity index (χ0v) is 7.35. The number of hydrogen-bond donors (Lipinski definition) is 1. The summed E-state index contributed by atoms with van der Waals surface area (Å²) in [6.45, 7) is 4.28. The van der Waals surface area contributed by atoms with Gasteiger partial charge in [0.05, 0.1) is 5.69 Å². The number of H-pyrrole nitrogens is 1. The second-order valence-electron chi connectivity index (χ2n) is 2.95. The summed E-state index contributed by atoms with van der Waals surface area (Å²) in [7, 11) is 0. The van der Waals surface area contributed by atoms with Crippen LogP contribution in [-0.2, 0) is 6.42 Å². The molecule has 2 heteroatoms. The molecule has 1 aromatic heterocycles. The molecule has 0 aliphatic carbocycles. The first-order valence-corrected chi connectivity index (χ1v) is 4.34. The highest BCUT2D eigenvalue weighted by atomic mass is 15.1. The fraction of sp³-hybridized carbons (Fsp3) is 0.667. The van der Waals surface area contributed by atoms with Gasteiger partial charge in [0.15, 0.2) is 0 Å². The number of hydrogen-bond acceptors (Lipinski definition) is 1. The molecule has 0 amide bonds. The predicted molar refractivity (Wildman–Crippen MR) is 46.6 cm³/mol. The van der Waals surface area contributed by atoms with Crippen molar-refractivity contribution in [1.82, 2.24) is 10.2 Å². The van der Waals surface area contributed by atoms with E-state index in [1.54, 1.807) is 0 Å². The van der Waals surface area contributed by atoms with Crippen molar-refractivity contribution < 1.29 is 0 Å². The zero-order chi connectivity index (χ0) is 8.10. The van der Waals surface area contributed by atoms with Crippen molar-refractivity contribution in [3.05, 3.63) is 17.5 Å². The molecule has 1 heterocycles. The Morgan fingerprint density at radius 2 is 2.27 bits per heavy atom. The van der Waals surface area contributed by atoms with Crippen molar-refractivity contribution in [1.29, 1.82) is 0 Å². The average Bonchev–Trinajstić information content (AvgIpc) is 2.37. The Morgan fingerprint density at radius 1 is 1.45 bits per heavy atom. The van der Waals surface area contributed by atoms with Crippen molar-refractivity contribution in [3.8, 4) is 0 Å². The van der Waals surface area contributed by atoms with Crippen LogP contribution in [0.25, 0.3) is 0 Å². The molecule has 0 bridgehead atoms. The van der Waals surface area contributed by atoms with Gasteiger partial charge in [-0.15, -0.1) is 0 Å². The van der Waals surface area contributed by atoms with Crippen molar-refractivity contribution in [2.75, 3.05) is 0 Å². The van der Waals surface area contributed by atoms with Gasteiger partial charge in [-0.05, 0) is 25.3 Å². The van der Waals surface area contributed by atoms with Gasteiger partial charge in [0, 0.05) is 6.20 Å². The van der Waals surface area contributed by atoms with Crippen molar-refractivity contribution >= 4 is 0 Å². The Hall–Kier alpha value is -0.790. The molecule has 0 saturated carbocycles. The molecule has 0 aromatic carbocycles. The highest BCUT2D eigenvalue weighted by molar-refractivity contribution is 5.13.